The van der Waals surface area contributed by atoms with Gasteiger partial charge in [-0.25, -0.2) is 0 Å². The van der Waals surface area contributed by atoms with Gasteiger partial charge < -0.3 is 14.5 Å². The maximum Gasteiger partial charge on any atom is 0.306 e. The van der Waals surface area contributed by atoms with Gasteiger partial charge in [-0.05, 0) is 85.2 Å². The lowest BCUT2D eigenvalue weighted by Gasteiger charge is -2.24. The fourth-order valence-corrected chi connectivity index (χ4v) is 6.25. The van der Waals surface area contributed by atoms with E-state index in [1.165, 1.54) is 102 Å². The Kier molecular flexibility index (Phi) is 34.6. The number of rotatable bonds is 33. The first-order valence-corrected chi connectivity index (χ1v) is 20.6. The highest BCUT2D eigenvalue weighted by Crippen LogP contribution is 2.16. The minimum Gasteiger partial charge on any atom is -0.461 e. The number of nitrogens with zero attached hydrogens (tertiary/aromatic N) is 2. The Bertz CT molecular complexity index is 796. The average Bonchev–Trinajstić information content (AvgIpc) is 3.06. The molecule has 0 aromatic rings. The van der Waals surface area contributed by atoms with Crippen LogP contribution < -0.4 is 0 Å². The van der Waals surface area contributed by atoms with Gasteiger partial charge >= 0.3 is 5.97 Å². The van der Waals surface area contributed by atoms with Gasteiger partial charge in [-0.2, -0.15) is 0 Å². The predicted octanol–water partition coefficient (Wildman–Crippen LogP) is 12.3. The lowest BCUT2D eigenvalue weighted by Crippen LogP contribution is -2.32. The van der Waals surface area contributed by atoms with Gasteiger partial charge in [-0.3, -0.25) is 9.59 Å². The van der Waals surface area contributed by atoms with E-state index >= 15 is 0 Å². The molecule has 0 aliphatic carbocycles. The molecular weight excluding hydrogens is 601 g/mol. The minimum absolute atomic E-state index is 0.0888. The largest absolute Gasteiger partial charge is 0.461 e. The Balaban J connectivity index is 4.13. The lowest BCUT2D eigenvalue weighted by atomic mass is 10.1. The molecule has 6 heteroatoms. The molecule has 47 heavy (non-hydrogen) atoms. The third kappa shape index (κ3) is 32.8. The van der Waals surface area contributed by atoms with Gasteiger partial charge in [0.05, 0.1) is 0 Å². The van der Waals surface area contributed by atoms with Crippen molar-refractivity contribution in [1.82, 2.24) is 9.80 Å². The van der Waals surface area contributed by atoms with Gasteiger partial charge in [0.15, 0.2) is 0 Å². The summed E-state index contributed by atoms with van der Waals surface area (Å²) in [5.41, 5.74) is 0. The topological polar surface area (TPSA) is 49.9 Å². The van der Waals surface area contributed by atoms with E-state index in [4.69, 9.17) is 4.74 Å². The molecule has 274 valence electrons. The number of amides is 1. The summed E-state index contributed by atoms with van der Waals surface area (Å²) in [5.74, 6) is 0.740. The van der Waals surface area contributed by atoms with Crippen molar-refractivity contribution >= 4 is 23.0 Å². The number of thioether (sulfide) groups is 1. The van der Waals surface area contributed by atoms with E-state index in [-0.39, 0.29) is 11.2 Å². The molecule has 1 unspecified atom stereocenters. The third-order valence-electron chi connectivity index (χ3n) is 8.76. The smallest absolute Gasteiger partial charge is 0.306 e. The molecule has 1 atom stereocenters. The predicted molar refractivity (Wildman–Crippen MR) is 208 cm³/mol. The van der Waals surface area contributed by atoms with Crippen LogP contribution in [0.4, 0.5) is 4.79 Å². The first-order chi connectivity index (χ1) is 22.9. The van der Waals surface area contributed by atoms with E-state index in [9.17, 15) is 9.59 Å². The van der Waals surface area contributed by atoms with Gasteiger partial charge in [0.2, 0.25) is 0 Å². The Labute approximate surface area is 296 Å². The van der Waals surface area contributed by atoms with Crippen molar-refractivity contribution in [2.45, 2.75) is 174 Å². The van der Waals surface area contributed by atoms with Gasteiger partial charge in [-0.1, -0.05) is 139 Å². The van der Waals surface area contributed by atoms with Crippen LogP contribution in [-0.4, -0.2) is 66.6 Å². The molecule has 0 fully saturated rings. The van der Waals surface area contributed by atoms with Crippen molar-refractivity contribution in [2.24, 2.45) is 0 Å². The van der Waals surface area contributed by atoms with E-state index < -0.39 is 0 Å². The van der Waals surface area contributed by atoms with Crippen LogP contribution in [0.1, 0.15) is 168 Å². The number of hydrogen-bond acceptors (Lipinski definition) is 5. The minimum atomic E-state index is -0.0888. The SMILES string of the molecule is CCCCCC/C=C\C/C=C\CCCCCCCN(CCCCCCCC(=O)OC/C=C\CCCCCC)C(=O)SCC(C)N(C)C. The normalized spacial score (nSPS) is 12.6. The number of esters is 1. The molecule has 1 amide bonds. The second-order valence-corrected chi connectivity index (χ2v) is 14.5. The van der Waals surface area contributed by atoms with Crippen LogP contribution in [0.25, 0.3) is 0 Å². The molecular formula is C41H76N2O3S. The molecule has 0 spiro atoms. The highest BCUT2D eigenvalue weighted by Gasteiger charge is 2.16. The van der Waals surface area contributed by atoms with E-state index in [2.05, 4.69) is 75.0 Å². The number of carbonyl (C=O) groups is 2. The highest BCUT2D eigenvalue weighted by atomic mass is 32.2. The molecule has 0 aromatic heterocycles. The van der Waals surface area contributed by atoms with Crippen molar-refractivity contribution < 1.29 is 14.3 Å². The average molecular weight is 677 g/mol. The molecule has 0 heterocycles. The number of allylic oxidation sites excluding steroid dienone is 5. The monoisotopic (exact) mass is 677 g/mol. The van der Waals surface area contributed by atoms with Crippen LogP contribution in [0, 0.1) is 0 Å². The summed E-state index contributed by atoms with van der Waals surface area (Å²) in [6.45, 7) is 8.77. The molecule has 0 aliphatic rings. The summed E-state index contributed by atoms with van der Waals surface area (Å²) >= 11 is 1.47. The molecule has 0 rings (SSSR count). The van der Waals surface area contributed by atoms with E-state index in [1.54, 1.807) is 0 Å². The van der Waals surface area contributed by atoms with Gasteiger partial charge in [0, 0.05) is 31.3 Å². The zero-order valence-corrected chi connectivity index (χ0v) is 32.5. The van der Waals surface area contributed by atoms with Crippen molar-refractivity contribution in [3.05, 3.63) is 36.5 Å². The maximum atomic E-state index is 13.1. The molecule has 0 saturated carbocycles. The fourth-order valence-electron chi connectivity index (χ4n) is 5.21. The standard InChI is InChI=1S/C41H76N2O3S/c1-6-8-10-12-14-15-16-17-18-19-20-21-22-23-27-31-35-43(41(45)47-38-39(3)42(4)5)36-32-28-25-26-30-34-40(44)46-37-33-29-24-13-11-9-7-2/h15-16,18-19,29,33,39H,6-14,17,20-28,30-32,34-38H2,1-5H3/b16-15-,19-18-,33-29-. The molecule has 0 aliphatic heterocycles. The molecule has 0 saturated heterocycles. The summed E-state index contributed by atoms with van der Waals surface area (Å²) in [6, 6.07) is 0.379. The van der Waals surface area contributed by atoms with Crippen LogP contribution in [0.3, 0.4) is 0 Å². The quantitative estimate of drug-likeness (QED) is 0.0393. The van der Waals surface area contributed by atoms with Crippen molar-refractivity contribution in [3.8, 4) is 0 Å². The van der Waals surface area contributed by atoms with Crippen LogP contribution in [0.2, 0.25) is 0 Å². The number of carbonyl (C=O) groups excluding carboxylic acids is 2. The summed E-state index contributed by atoms with van der Waals surface area (Å²) in [5, 5.41) is 0.233. The van der Waals surface area contributed by atoms with Crippen molar-refractivity contribution in [3.63, 3.8) is 0 Å². The van der Waals surface area contributed by atoms with Crippen LogP contribution in [0.5, 0.6) is 0 Å². The molecule has 0 aromatic carbocycles. The second kappa shape index (κ2) is 35.8. The molecule has 0 radical (unpaired) electrons. The van der Waals surface area contributed by atoms with Crippen LogP contribution in [-0.2, 0) is 9.53 Å². The summed E-state index contributed by atoms with van der Waals surface area (Å²) in [6.07, 6.45) is 40.1. The van der Waals surface area contributed by atoms with E-state index in [1.807, 2.05) is 6.08 Å². The first kappa shape index (κ1) is 45.5. The van der Waals surface area contributed by atoms with Gasteiger partial charge in [0.25, 0.3) is 5.24 Å². The highest BCUT2D eigenvalue weighted by molar-refractivity contribution is 8.13. The Hall–Kier alpha value is -1.53. The number of hydrogen-bond donors (Lipinski definition) is 0. The number of unbranched alkanes of at least 4 members (excludes halogenated alkanes) is 17. The summed E-state index contributed by atoms with van der Waals surface area (Å²) in [4.78, 5) is 29.4. The molecule has 0 N–H and O–H groups in total. The van der Waals surface area contributed by atoms with Crippen LogP contribution >= 0.6 is 11.8 Å². The summed E-state index contributed by atoms with van der Waals surface area (Å²) < 4.78 is 5.34. The number of ether oxygens (including phenoxy) is 1. The van der Waals surface area contributed by atoms with Gasteiger partial charge in [0.1, 0.15) is 6.61 Å². The fraction of sp³-hybridized carbons (Fsp3) is 0.805. The zero-order chi connectivity index (χ0) is 34.6. The first-order valence-electron chi connectivity index (χ1n) is 19.6. The molecule has 5 nitrogen and oxygen atoms in total. The second-order valence-electron chi connectivity index (χ2n) is 13.5. The summed E-state index contributed by atoms with van der Waals surface area (Å²) in [7, 11) is 4.15. The third-order valence-corrected chi connectivity index (χ3v) is 9.91. The van der Waals surface area contributed by atoms with Crippen molar-refractivity contribution in [1.29, 1.82) is 0 Å². The maximum absolute atomic E-state index is 13.1. The van der Waals surface area contributed by atoms with Crippen LogP contribution in [0.15, 0.2) is 36.5 Å². The van der Waals surface area contributed by atoms with E-state index in [0.29, 0.717) is 19.1 Å². The zero-order valence-electron chi connectivity index (χ0n) is 31.7. The van der Waals surface area contributed by atoms with Crippen molar-refractivity contribution in [2.75, 3.05) is 39.5 Å². The van der Waals surface area contributed by atoms with E-state index in [0.717, 1.165) is 70.2 Å². The Morgan fingerprint density at radius 2 is 1.09 bits per heavy atom. The lowest BCUT2D eigenvalue weighted by molar-refractivity contribution is -0.142. The Morgan fingerprint density at radius 3 is 1.62 bits per heavy atom. The molecule has 0 bridgehead atoms. The Morgan fingerprint density at radius 1 is 0.617 bits per heavy atom. The van der Waals surface area contributed by atoms with Gasteiger partial charge in [-0.15, -0.1) is 0 Å².